The number of aryl methyl sites for hydroxylation is 1. The van der Waals surface area contributed by atoms with Crippen LogP contribution in [-0.4, -0.2) is 30.9 Å². The Labute approximate surface area is 187 Å². The summed E-state index contributed by atoms with van der Waals surface area (Å²) < 4.78 is 42.1. The molecule has 0 saturated carbocycles. The van der Waals surface area contributed by atoms with Crippen molar-refractivity contribution < 1.29 is 13.2 Å². The topological polar surface area (TPSA) is 59.4 Å². The Morgan fingerprint density at radius 2 is 1.84 bits per heavy atom. The Bertz CT molecular complexity index is 1240. The molecule has 1 N–H and O–H groups in total. The van der Waals surface area contributed by atoms with E-state index in [2.05, 4.69) is 20.1 Å². The number of pyridine rings is 1. The monoisotopic (exact) mass is 469 g/mol. The summed E-state index contributed by atoms with van der Waals surface area (Å²) in [7, 11) is 1.75. The van der Waals surface area contributed by atoms with Crippen molar-refractivity contribution in [2.24, 2.45) is 7.05 Å². The first kappa shape index (κ1) is 21.9. The molecular weight excluding hydrogens is 450 g/mol. The molecule has 164 valence electrons. The van der Waals surface area contributed by atoms with E-state index in [-0.39, 0.29) is 28.3 Å². The predicted octanol–water partition coefficient (Wildman–Crippen LogP) is 6.63. The van der Waals surface area contributed by atoms with E-state index in [0.29, 0.717) is 39.7 Å². The van der Waals surface area contributed by atoms with Crippen LogP contribution in [0.2, 0.25) is 10.2 Å². The molecule has 4 rings (SSSR count). The molecule has 3 heterocycles. The van der Waals surface area contributed by atoms with Gasteiger partial charge in [0.25, 0.3) is 0 Å². The number of allylic oxidation sites excluding steroid dienone is 4. The molecule has 1 aliphatic carbocycles. The van der Waals surface area contributed by atoms with Crippen molar-refractivity contribution >= 4 is 39.8 Å². The number of rotatable bonds is 2. The lowest BCUT2D eigenvalue weighted by atomic mass is 9.92. The molecule has 10 heteroatoms. The SMILES string of the molecule is Cn1nc(C(C)(C)C)c(Cl)c1-c1nc2cc(C3=C(C(F)(F)F)C=CCC3)nc(Cl)c2[nH]1. The lowest BCUT2D eigenvalue weighted by Crippen LogP contribution is -2.14. The molecular formula is C21H20Cl2F3N5. The Morgan fingerprint density at radius 3 is 2.45 bits per heavy atom. The van der Waals surface area contributed by atoms with Crippen LogP contribution in [0.1, 0.15) is 45.0 Å². The fraction of sp³-hybridized carbons (Fsp3) is 0.381. The minimum absolute atomic E-state index is 0.0455. The van der Waals surface area contributed by atoms with E-state index in [0.717, 1.165) is 6.08 Å². The number of imidazole rings is 1. The van der Waals surface area contributed by atoms with Gasteiger partial charge in [-0.05, 0) is 24.5 Å². The summed E-state index contributed by atoms with van der Waals surface area (Å²) in [5, 5.41) is 5.02. The first-order valence-electron chi connectivity index (χ1n) is 9.64. The molecule has 0 amide bonds. The van der Waals surface area contributed by atoms with Gasteiger partial charge in [0.1, 0.15) is 11.2 Å². The van der Waals surface area contributed by atoms with Crippen molar-refractivity contribution in [3.8, 4) is 11.5 Å². The van der Waals surface area contributed by atoms with Crippen molar-refractivity contribution in [2.75, 3.05) is 0 Å². The average molecular weight is 470 g/mol. The van der Waals surface area contributed by atoms with Crippen LogP contribution >= 0.6 is 23.2 Å². The third-order valence-electron chi connectivity index (χ3n) is 5.14. The van der Waals surface area contributed by atoms with Crippen LogP contribution in [0.25, 0.3) is 28.1 Å². The summed E-state index contributed by atoms with van der Waals surface area (Å²) in [6.07, 6.45) is -1.15. The molecule has 0 atom stereocenters. The van der Waals surface area contributed by atoms with Crippen molar-refractivity contribution in [3.63, 3.8) is 0 Å². The summed E-state index contributed by atoms with van der Waals surface area (Å²) in [6.45, 7) is 6.00. The van der Waals surface area contributed by atoms with E-state index in [1.807, 2.05) is 20.8 Å². The number of halogens is 5. The molecule has 0 aromatic carbocycles. The minimum atomic E-state index is -4.47. The van der Waals surface area contributed by atoms with E-state index >= 15 is 0 Å². The van der Waals surface area contributed by atoms with E-state index in [1.165, 1.54) is 12.1 Å². The van der Waals surface area contributed by atoms with Crippen molar-refractivity contribution in [1.82, 2.24) is 24.7 Å². The molecule has 5 nitrogen and oxygen atoms in total. The van der Waals surface area contributed by atoms with Gasteiger partial charge >= 0.3 is 6.18 Å². The summed E-state index contributed by atoms with van der Waals surface area (Å²) in [4.78, 5) is 11.9. The quantitative estimate of drug-likeness (QED) is 0.428. The summed E-state index contributed by atoms with van der Waals surface area (Å²) in [5.41, 5.74) is 1.40. The van der Waals surface area contributed by atoms with Crippen LogP contribution in [0.3, 0.4) is 0 Å². The van der Waals surface area contributed by atoms with Gasteiger partial charge in [0.05, 0.1) is 27.5 Å². The Morgan fingerprint density at radius 1 is 1.13 bits per heavy atom. The van der Waals surface area contributed by atoms with Crippen LogP contribution in [0, 0.1) is 0 Å². The molecule has 0 radical (unpaired) electrons. The largest absolute Gasteiger partial charge is 0.416 e. The molecule has 1 aliphatic rings. The molecule has 3 aromatic heterocycles. The second-order valence-corrected chi connectivity index (χ2v) is 9.23. The third-order valence-corrected chi connectivity index (χ3v) is 5.77. The minimum Gasteiger partial charge on any atom is -0.334 e. The number of nitrogens with zero attached hydrogens (tertiary/aromatic N) is 4. The molecule has 0 fully saturated rings. The maximum absolute atomic E-state index is 13.5. The number of hydrogen-bond acceptors (Lipinski definition) is 3. The molecule has 31 heavy (non-hydrogen) atoms. The predicted molar refractivity (Wildman–Crippen MR) is 116 cm³/mol. The van der Waals surface area contributed by atoms with Gasteiger partial charge in [0.2, 0.25) is 0 Å². The highest BCUT2D eigenvalue weighted by molar-refractivity contribution is 6.34. The van der Waals surface area contributed by atoms with E-state index in [4.69, 9.17) is 23.2 Å². The Kier molecular flexibility index (Phi) is 5.21. The van der Waals surface area contributed by atoms with Gasteiger partial charge in [-0.25, -0.2) is 9.97 Å². The van der Waals surface area contributed by atoms with E-state index < -0.39 is 11.7 Å². The summed E-state index contributed by atoms with van der Waals surface area (Å²) in [5.74, 6) is 0.417. The smallest absolute Gasteiger partial charge is 0.334 e. The van der Waals surface area contributed by atoms with Crippen molar-refractivity contribution in [3.05, 3.63) is 45.4 Å². The number of H-pyrrole nitrogens is 1. The maximum atomic E-state index is 13.5. The van der Waals surface area contributed by atoms with Gasteiger partial charge in [0.15, 0.2) is 11.0 Å². The van der Waals surface area contributed by atoms with Crippen molar-refractivity contribution in [1.29, 1.82) is 0 Å². The average Bonchev–Trinajstić information content (AvgIpc) is 3.21. The zero-order valence-electron chi connectivity index (χ0n) is 17.3. The van der Waals surface area contributed by atoms with E-state index in [9.17, 15) is 13.2 Å². The highest BCUT2D eigenvalue weighted by atomic mass is 35.5. The standard InChI is InChI=1S/C21H20Cl2F3N5/c1-20(2,3)17-14(22)16(31(4)30-17)19-28-13-9-12(27-18(23)15(13)29-19)10-7-5-6-8-11(10)21(24,25)26/h6,8-9H,5,7H2,1-4H3,(H,28,29). The van der Waals surface area contributed by atoms with E-state index in [1.54, 1.807) is 11.7 Å². The number of aromatic nitrogens is 5. The lowest BCUT2D eigenvalue weighted by Gasteiger charge is -2.18. The maximum Gasteiger partial charge on any atom is 0.416 e. The van der Waals surface area contributed by atoms with Gasteiger partial charge in [-0.15, -0.1) is 0 Å². The molecule has 0 saturated heterocycles. The second-order valence-electron chi connectivity index (χ2n) is 8.49. The van der Waals surface area contributed by atoms with Crippen LogP contribution in [0.4, 0.5) is 13.2 Å². The van der Waals surface area contributed by atoms with Gasteiger partial charge in [-0.3, -0.25) is 4.68 Å². The molecule has 3 aromatic rings. The first-order chi connectivity index (χ1) is 14.4. The normalized spacial score (nSPS) is 15.4. The first-order valence-corrected chi connectivity index (χ1v) is 10.4. The van der Waals surface area contributed by atoms with Gasteiger partial charge < -0.3 is 4.98 Å². The van der Waals surface area contributed by atoms with Gasteiger partial charge in [-0.2, -0.15) is 18.3 Å². The number of aromatic amines is 1. The second kappa shape index (κ2) is 7.38. The molecule has 0 aliphatic heterocycles. The Balaban J connectivity index is 1.88. The number of fused-ring (bicyclic) bond motifs is 1. The molecule has 0 unspecified atom stereocenters. The van der Waals surface area contributed by atoms with Crippen LogP contribution < -0.4 is 0 Å². The fourth-order valence-corrected chi connectivity index (χ4v) is 4.44. The molecule has 0 bridgehead atoms. The number of nitrogens with one attached hydrogen (secondary N) is 1. The van der Waals surface area contributed by atoms with Crippen LogP contribution in [-0.2, 0) is 12.5 Å². The number of hydrogen-bond donors (Lipinski definition) is 1. The fourth-order valence-electron chi connectivity index (χ4n) is 3.67. The highest BCUT2D eigenvalue weighted by Gasteiger charge is 2.36. The lowest BCUT2D eigenvalue weighted by molar-refractivity contribution is -0.0879. The highest BCUT2D eigenvalue weighted by Crippen LogP contribution is 2.40. The Hall–Kier alpha value is -2.32. The van der Waals surface area contributed by atoms with Crippen LogP contribution in [0.5, 0.6) is 0 Å². The number of alkyl halides is 3. The van der Waals surface area contributed by atoms with Crippen molar-refractivity contribution in [2.45, 2.75) is 45.2 Å². The molecule has 0 spiro atoms. The van der Waals surface area contributed by atoms with Crippen LogP contribution in [0.15, 0.2) is 23.8 Å². The zero-order valence-corrected chi connectivity index (χ0v) is 18.8. The van der Waals surface area contributed by atoms with Gasteiger partial charge in [-0.1, -0.05) is 56.1 Å². The summed E-state index contributed by atoms with van der Waals surface area (Å²) >= 11 is 12.9. The summed E-state index contributed by atoms with van der Waals surface area (Å²) in [6, 6.07) is 1.52. The zero-order chi connectivity index (χ0) is 22.7. The third kappa shape index (κ3) is 3.87. The van der Waals surface area contributed by atoms with Gasteiger partial charge in [0, 0.05) is 12.5 Å².